The Morgan fingerprint density at radius 2 is 2.04 bits per heavy atom. The molecule has 24 heavy (non-hydrogen) atoms. The van der Waals surface area contributed by atoms with Crippen LogP contribution in [0, 0.1) is 11.7 Å². The number of fused-ring (bicyclic) bond motifs is 6. The number of ether oxygens (including phenoxy) is 1. The molecule has 0 radical (unpaired) electrons. The molecule has 1 amide bonds. The lowest BCUT2D eigenvalue weighted by atomic mass is 9.87. The molecule has 128 valence electrons. The SMILES string of the molecule is O=C([C@H]1C[C@@]12CCOc1ccc(F)cc12)N1CCN2CCC1CC2. The quantitative estimate of drug-likeness (QED) is 0.791. The van der Waals surface area contributed by atoms with Crippen molar-refractivity contribution in [1.82, 2.24) is 9.80 Å². The van der Waals surface area contributed by atoms with E-state index in [4.69, 9.17) is 4.74 Å². The molecule has 0 N–H and O–H groups in total. The monoisotopic (exact) mass is 330 g/mol. The number of nitrogens with zero attached hydrogens (tertiary/aromatic N) is 2. The zero-order valence-corrected chi connectivity index (χ0v) is 13.8. The van der Waals surface area contributed by atoms with Crippen molar-refractivity contribution < 1.29 is 13.9 Å². The van der Waals surface area contributed by atoms with Crippen LogP contribution in [0.3, 0.4) is 0 Å². The molecule has 0 unspecified atom stereocenters. The predicted octanol–water partition coefficient (Wildman–Crippen LogP) is 2.17. The maximum absolute atomic E-state index is 13.8. The van der Waals surface area contributed by atoms with Gasteiger partial charge in [0.2, 0.25) is 5.91 Å². The Hall–Kier alpha value is -1.62. The summed E-state index contributed by atoms with van der Waals surface area (Å²) in [5, 5.41) is 0. The van der Waals surface area contributed by atoms with Gasteiger partial charge in [0.05, 0.1) is 6.61 Å². The highest BCUT2D eigenvalue weighted by Crippen LogP contribution is 2.61. The molecule has 3 saturated heterocycles. The lowest BCUT2D eigenvalue weighted by Crippen LogP contribution is -2.43. The molecule has 2 bridgehead atoms. The van der Waals surface area contributed by atoms with Crippen molar-refractivity contribution >= 4 is 5.91 Å². The minimum absolute atomic E-state index is 0.00843. The molecule has 1 aromatic carbocycles. The Labute approximate surface area is 141 Å². The van der Waals surface area contributed by atoms with E-state index in [2.05, 4.69) is 9.80 Å². The lowest BCUT2D eigenvalue weighted by molar-refractivity contribution is -0.135. The van der Waals surface area contributed by atoms with Crippen LogP contribution < -0.4 is 4.74 Å². The first-order valence-electron chi connectivity index (χ1n) is 9.13. The third-order valence-corrected chi connectivity index (χ3v) is 6.60. The van der Waals surface area contributed by atoms with Crippen molar-refractivity contribution in [3.8, 4) is 5.75 Å². The second-order valence-corrected chi connectivity index (χ2v) is 7.76. The summed E-state index contributed by atoms with van der Waals surface area (Å²) in [6.07, 6.45) is 3.86. The second kappa shape index (κ2) is 5.19. The number of halogens is 1. The number of rotatable bonds is 1. The van der Waals surface area contributed by atoms with Crippen LogP contribution in [0.15, 0.2) is 18.2 Å². The zero-order chi connectivity index (χ0) is 16.3. The lowest BCUT2D eigenvalue weighted by Gasteiger charge is -2.33. The van der Waals surface area contributed by atoms with Crippen molar-refractivity contribution in [3.05, 3.63) is 29.6 Å². The van der Waals surface area contributed by atoms with Gasteiger partial charge in [0.15, 0.2) is 0 Å². The molecular weight excluding hydrogens is 307 g/mol. The summed E-state index contributed by atoms with van der Waals surface area (Å²) in [6.45, 7) is 4.71. The average Bonchev–Trinajstić information content (AvgIpc) is 3.37. The maximum Gasteiger partial charge on any atom is 0.226 e. The molecule has 6 rings (SSSR count). The number of benzene rings is 1. The minimum atomic E-state index is -0.238. The fraction of sp³-hybridized carbons (Fsp3) is 0.632. The molecule has 0 aromatic heterocycles. The third kappa shape index (κ3) is 2.10. The van der Waals surface area contributed by atoms with E-state index in [0.29, 0.717) is 18.6 Å². The van der Waals surface area contributed by atoms with E-state index in [0.717, 1.165) is 63.2 Å². The van der Waals surface area contributed by atoms with Crippen LogP contribution in [0.25, 0.3) is 0 Å². The highest BCUT2D eigenvalue weighted by Gasteiger charge is 2.62. The smallest absolute Gasteiger partial charge is 0.226 e. The van der Waals surface area contributed by atoms with E-state index < -0.39 is 0 Å². The summed E-state index contributed by atoms with van der Waals surface area (Å²) in [5.41, 5.74) is 0.729. The standard InChI is InChI=1S/C19H23FN2O2/c20-13-1-2-17-15(11-13)19(5-10-24-17)12-16(19)18(23)22-9-8-21-6-3-14(22)4-7-21/h1-2,11,14,16H,3-10,12H2/t16-,19-/m1/s1. The molecule has 4 nitrogen and oxygen atoms in total. The number of amides is 1. The van der Waals surface area contributed by atoms with Crippen LogP contribution in [-0.4, -0.2) is 54.5 Å². The van der Waals surface area contributed by atoms with Gasteiger partial charge in [0.25, 0.3) is 0 Å². The molecule has 1 saturated carbocycles. The topological polar surface area (TPSA) is 32.8 Å². The third-order valence-electron chi connectivity index (χ3n) is 6.60. The van der Waals surface area contributed by atoms with Crippen LogP contribution >= 0.6 is 0 Å². The highest BCUT2D eigenvalue weighted by molar-refractivity contribution is 5.85. The number of piperidine rings is 1. The summed E-state index contributed by atoms with van der Waals surface area (Å²) < 4.78 is 19.5. The Morgan fingerprint density at radius 3 is 2.88 bits per heavy atom. The van der Waals surface area contributed by atoms with Gasteiger partial charge in [-0.05, 0) is 43.9 Å². The summed E-state index contributed by atoms with van der Waals surface area (Å²) in [7, 11) is 0. The average molecular weight is 330 g/mol. The number of hydrogen-bond acceptors (Lipinski definition) is 3. The van der Waals surface area contributed by atoms with Gasteiger partial charge in [-0.15, -0.1) is 0 Å². The van der Waals surface area contributed by atoms with Crippen molar-refractivity contribution in [3.63, 3.8) is 0 Å². The van der Waals surface area contributed by atoms with Gasteiger partial charge < -0.3 is 14.5 Å². The fourth-order valence-corrected chi connectivity index (χ4v) is 5.07. The fourth-order valence-electron chi connectivity index (χ4n) is 5.07. The van der Waals surface area contributed by atoms with Gasteiger partial charge in [-0.2, -0.15) is 0 Å². The van der Waals surface area contributed by atoms with Crippen LogP contribution in [0.5, 0.6) is 5.75 Å². The molecule has 2 atom stereocenters. The molecule has 4 aliphatic heterocycles. The van der Waals surface area contributed by atoms with Gasteiger partial charge >= 0.3 is 0 Å². The number of carbonyl (C=O) groups is 1. The molecule has 5 heteroatoms. The van der Waals surface area contributed by atoms with Crippen molar-refractivity contribution in [2.45, 2.75) is 37.1 Å². The normalized spacial score (nSPS) is 36.9. The number of hydrogen-bond donors (Lipinski definition) is 0. The summed E-state index contributed by atoms with van der Waals surface area (Å²) in [5.74, 6) is 0.828. The summed E-state index contributed by atoms with van der Waals surface area (Å²) in [4.78, 5) is 17.8. The van der Waals surface area contributed by atoms with Crippen LogP contribution in [0.2, 0.25) is 0 Å². The first kappa shape index (κ1) is 14.7. The number of carbonyl (C=O) groups excluding carboxylic acids is 1. The van der Waals surface area contributed by atoms with Crippen molar-refractivity contribution in [1.29, 1.82) is 0 Å². The second-order valence-electron chi connectivity index (χ2n) is 7.76. The summed E-state index contributed by atoms with van der Waals surface area (Å²) in [6, 6.07) is 5.15. The van der Waals surface area contributed by atoms with Crippen LogP contribution in [0.1, 0.15) is 31.2 Å². The van der Waals surface area contributed by atoms with E-state index in [1.807, 2.05) is 0 Å². The van der Waals surface area contributed by atoms with E-state index in [1.54, 1.807) is 12.1 Å². The Bertz CT molecular complexity index is 686. The van der Waals surface area contributed by atoms with Crippen LogP contribution in [0.4, 0.5) is 4.39 Å². The first-order valence-corrected chi connectivity index (χ1v) is 9.13. The molecule has 1 aliphatic carbocycles. The van der Waals surface area contributed by atoms with Gasteiger partial charge in [-0.25, -0.2) is 4.39 Å². The van der Waals surface area contributed by atoms with Gasteiger partial charge in [0.1, 0.15) is 11.6 Å². The van der Waals surface area contributed by atoms with Gasteiger partial charge in [-0.3, -0.25) is 4.79 Å². The molecule has 1 spiro atoms. The molecule has 1 aromatic rings. The van der Waals surface area contributed by atoms with Crippen molar-refractivity contribution in [2.24, 2.45) is 5.92 Å². The van der Waals surface area contributed by atoms with E-state index >= 15 is 0 Å². The van der Waals surface area contributed by atoms with Crippen molar-refractivity contribution in [2.75, 3.05) is 32.8 Å². The van der Waals surface area contributed by atoms with Crippen LogP contribution in [-0.2, 0) is 10.2 Å². The van der Waals surface area contributed by atoms with E-state index in [9.17, 15) is 9.18 Å². The van der Waals surface area contributed by atoms with E-state index in [-0.39, 0.29) is 17.2 Å². The Morgan fingerprint density at radius 1 is 1.21 bits per heavy atom. The van der Waals surface area contributed by atoms with Gasteiger partial charge in [-0.1, -0.05) is 0 Å². The minimum Gasteiger partial charge on any atom is -0.493 e. The molecule has 4 fully saturated rings. The molecule has 5 aliphatic rings. The molecular formula is C19H23FN2O2. The van der Waals surface area contributed by atoms with E-state index in [1.165, 1.54) is 6.07 Å². The maximum atomic E-state index is 13.8. The Balaban J connectivity index is 1.42. The highest BCUT2D eigenvalue weighted by atomic mass is 19.1. The van der Waals surface area contributed by atoms with Gasteiger partial charge in [0, 0.05) is 49.1 Å². The zero-order valence-electron chi connectivity index (χ0n) is 13.8. The Kier molecular flexibility index (Phi) is 3.18. The summed E-state index contributed by atoms with van der Waals surface area (Å²) >= 11 is 0. The first-order chi connectivity index (χ1) is 11.7. The predicted molar refractivity (Wildman–Crippen MR) is 87.5 cm³/mol. The largest absolute Gasteiger partial charge is 0.493 e. The molecule has 4 heterocycles.